The molecule has 1 atom stereocenters. The molecule has 0 heterocycles. The molecule has 4 heteroatoms. The second-order valence-electron chi connectivity index (χ2n) is 4.88. The number of rotatable bonds is 5. The molecule has 0 radical (unpaired) electrons. The summed E-state index contributed by atoms with van der Waals surface area (Å²) in [5, 5.41) is 2.94. The molecular weight excluding hydrogens is 244 g/mol. The Kier molecular flexibility index (Phi) is 4.66. The normalized spacial score (nSPS) is 15.2. The van der Waals surface area contributed by atoms with Gasteiger partial charge >= 0.3 is 0 Å². The highest BCUT2D eigenvalue weighted by atomic mass is 32.2. The van der Waals surface area contributed by atoms with E-state index < -0.39 is 0 Å². The third kappa shape index (κ3) is 3.75. The largest absolute Gasteiger partial charge is 0.327 e. The Hall–Kier alpha value is -1.00. The van der Waals surface area contributed by atoms with Crippen molar-refractivity contribution in [2.75, 3.05) is 16.8 Å². The molecule has 18 heavy (non-hydrogen) atoms. The fourth-order valence-electron chi connectivity index (χ4n) is 2.18. The van der Waals surface area contributed by atoms with E-state index >= 15 is 0 Å². The Labute approximate surface area is 113 Å². The van der Waals surface area contributed by atoms with Crippen molar-refractivity contribution in [1.82, 2.24) is 0 Å². The fourth-order valence-corrected chi connectivity index (χ4v) is 2.93. The number of nitrogens with one attached hydrogen (secondary N) is 1. The Bertz CT molecular complexity index is 432. The molecule has 0 saturated heterocycles. The monoisotopic (exact) mass is 264 g/mol. The van der Waals surface area contributed by atoms with Crippen LogP contribution in [-0.2, 0) is 17.6 Å². The SMILES string of the molecule is CC(N)CSCC(=O)Nc1ccc2c(c1)CCC2. The quantitative estimate of drug-likeness (QED) is 0.857. The van der Waals surface area contributed by atoms with Gasteiger partial charge in [-0.1, -0.05) is 6.07 Å². The second-order valence-corrected chi connectivity index (χ2v) is 5.91. The van der Waals surface area contributed by atoms with Crippen LogP contribution in [0, 0.1) is 0 Å². The number of aryl methyl sites for hydroxylation is 2. The van der Waals surface area contributed by atoms with Crippen LogP contribution < -0.4 is 11.1 Å². The first-order valence-corrected chi connectivity index (χ1v) is 7.55. The van der Waals surface area contributed by atoms with Gasteiger partial charge in [-0.15, -0.1) is 0 Å². The maximum Gasteiger partial charge on any atom is 0.234 e. The van der Waals surface area contributed by atoms with Gasteiger partial charge in [0.05, 0.1) is 5.75 Å². The second kappa shape index (κ2) is 6.25. The van der Waals surface area contributed by atoms with Crippen molar-refractivity contribution in [2.24, 2.45) is 5.73 Å². The first kappa shape index (κ1) is 13.4. The molecule has 0 spiro atoms. The van der Waals surface area contributed by atoms with E-state index in [9.17, 15) is 4.79 Å². The standard InChI is InChI=1S/C14H20N2OS/c1-10(15)8-18-9-14(17)16-13-6-5-11-3-2-4-12(11)7-13/h5-7,10H,2-4,8-9,15H2,1H3,(H,16,17). The minimum absolute atomic E-state index is 0.0543. The molecular formula is C14H20N2OS. The molecule has 0 fully saturated rings. The molecule has 0 aromatic heterocycles. The molecule has 1 aliphatic rings. The molecule has 1 aromatic carbocycles. The van der Waals surface area contributed by atoms with Gasteiger partial charge in [0.1, 0.15) is 0 Å². The van der Waals surface area contributed by atoms with Crippen molar-refractivity contribution in [1.29, 1.82) is 0 Å². The maximum absolute atomic E-state index is 11.7. The summed E-state index contributed by atoms with van der Waals surface area (Å²) >= 11 is 1.58. The maximum atomic E-state index is 11.7. The lowest BCUT2D eigenvalue weighted by Gasteiger charge is -2.08. The summed E-state index contributed by atoms with van der Waals surface area (Å²) in [4.78, 5) is 11.7. The van der Waals surface area contributed by atoms with Crippen LogP contribution in [0.5, 0.6) is 0 Å². The molecule has 1 aliphatic carbocycles. The Morgan fingerprint density at radius 2 is 2.22 bits per heavy atom. The number of benzene rings is 1. The van der Waals surface area contributed by atoms with Crippen LogP contribution in [0.1, 0.15) is 24.5 Å². The molecule has 1 aromatic rings. The van der Waals surface area contributed by atoms with E-state index in [2.05, 4.69) is 17.4 Å². The van der Waals surface area contributed by atoms with Crippen LogP contribution in [0.3, 0.4) is 0 Å². The fraction of sp³-hybridized carbons (Fsp3) is 0.500. The summed E-state index contributed by atoms with van der Waals surface area (Å²) < 4.78 is 0. The van der Waals surface area contributed by atoms with E-state index in [1.54, 1.807) is 11.8 Å². The van der Waals surface area contributed by atoms with Gasteiger partial charge in [0.2, 0.25) is 5.91 Å². The van der Waals surface area contributed by atoms with Crippen molar-refractivity contribution < 1.29 is 4.79 Å². The van der Waals surface area contributed by atoms with Crippen LogP contribution in [0.4, 0.5) is 5.69 Å². The molecule has 0 aliphatic heterocycles. The Morgan fingerprint density at radius 1 is 1.44 bits per heavy atom. The van der Waals surface area contributed by atoms with Gasteiger partial charge in [0.25, 0.3) is 0 Å². The summed E-state index contributed by atoms with van der Waals surface area (Å²) in [6.45, 7) is 1.95. The number of anilines is 1. The van der Waals surface area contributed by atoms with Crippen LogP contribution in [0.25, 0.3) is 0 Å². The van der Waals surface area contributed by atoms with Crippen molar-refractivity contribution in [2.45, 2.75) is 32.2 Å². The molecule has 2 rings (SSSR count). The number of carbonyl (C=O) groups excluding carboxylic acids is 1. The highest BCUT2D eigenvalue weighted by Gasteiger charge is 2.11. The number of thioether (sulfide) groups is 1. The van der Waals surface area contributed by atoms with Crippen molar-refractivity contribution in [3.63, 3.8) is 0 Å². The van der Waals surface area contributed by atoms with E-state index in [1.165, 1.54) is 24.0 Å². The van der Waals surface area contributed by atoms with E-state index in [0.29, 0.717) is 5.75 Å². The number of hydrogen-bond acceptors (Lipinski definition) is 3. The summed E-state index contributed by atoms with van der Waals surface area (Å²) in [6.07, 6.45) is 3.54. The lowest BCUT2D eigenvalue weighted by Crippen LogP contribution is -2.20. The van der Waals surface area contributed by atoms with Gasteiger partial charge in [-0.05, 0) is 49.4 Å². The van der Waals surface area contributed by atoms with Gasteiger partial charge in [0, 0.05) is 17.5 Å². The minimum Gasteiger partial charge on any atom is -0.327 e. The minimum atomic E-state index is 0.0543. The number of hydrogen-bond donors (Lipinski definition) is 2. The van der Waals surface area contributed by atoms with Crippen LogP contribution in [0.15, 0.2) is 18.2 Å². The van der Waals surface area contributed by atoms with Crippen molar-refractivity contribution in [3.05, 3.63) is 29.3 Å². The van der Waals surface area contributed by atoms with Crippen LogP contribution >= 0.6 is 11.8 Å². The zero-order valence-electron chi connectivity index (χ0n) is 10.7. The first-order chi connectivity index (χ1) is 8.65. The van der Waals surface area contributed by atoms with Crippen LogP contribution in [0.2, 0.25) is 0 Å². The van der Waals surface area contributed by atoms with Crippen LogP contribution in [-0.4, -0.2) is 23.5 Å². The zero-order valence-corrected chi connectivity index (χ0v) is 11.6. The van der Waals surface area contributed by atoms with E-state index in [1.807, 2.05) is 13.0 Å². The van der Waals surface area contributed by atoms with Crippen molar-refractivity contribution in [3.8, 4) is 0 Å². The highest BCUT2D eigenvalue weighted by molar-refractivity contribution is 8.00. The van der Waals surface area contributed by atoms with Gasteiger partial charge in [-0.2, -0.15) is 11.8 Å². The van der Waals surface area contributed by atoms with Gasteiger partial charge in [0.15, 0.2) is 0 Å². The average Bonchev–Trinajstić information content (AvgIpc) is 2.75. The molecule has 0 saturated carbocycles. The van der Waals surface area contributed by atoms with Gasteiger partial charge in [-0.3, -0.25) is 4.79 Å². The zero-order chi connectivity index (χ0) is 13.0. The molecule has 98 valence electrons. The van der Waals surface area contributed by atoms with E-state index in [-0.39, 0.29) is 11.9 Å². The topological polar surface area (TPSA) is 55.1 Å². The number of fused-ring (bicyclic) bond motifs is 1. The van der Waals surface area contributed by atoms with E-state index in [4.69, 9.17) is 5.73 Å². The highest BCUT2D eigenvalue weighted by Crippen LogP contribution is 2.24. The first-order valence-electron chi connectivity index (χ1n) is 6.40. The summed E-state index contributed by atoms with van der Waals surface area (Å²) in [6, 6.07) is 6.38. The smallest absolute Gasteiger partial charge is 0.234 e. The lowest BCUT2D eigenvalue weighted by atomic mass is 10.1. The number of carbonyl (C=O) groups is 1. The summed E-state index contributed by atoms with van der Waals surface area (Å²) in [5.74, 6) is 1.34. The lowest BCUT2D eigenvalue weighted by molar-refractivity contribution is -0.113. The Balaban J connectivity index is 1.84. The molecule has 1 unspecified atom stereocenters. The predicted molar refractivity (Wildman–Crippen MR) is 78.1 cm³/mol. The van der Waals surface area contributed by atoms with Gasteiger partial charge in [-0.25, -0.2) is 0 Å². The number of amides is 1. The molecule has 0 bridgehead atoms. The molecule has 3 N–H and O–H groups in total. The third-order valence-electron chi connectivity index (χ3n) is 3.00. The molecule has 1 amide bonds. The average molecular weight is 264 g/mol. The van der Waals surface area contributed by atoms with E-state index in [0.717, 1.165) is 17.9 Å². The third-order valence-corrected chi connectivity index (χ3v) is 4.22. The summed E-state index contributed by atoms with van der Waals surface area (Å²) in [5.41, 5.74) is 9.37. The van der Waals surface area contributed by atoms with Gasteiger partial charge < -0.3 is 11.1 Å². The van der Waals surface area contributed by atoms with Crippen molar-refractivity contribution >= 4 is 23.4 Å². The number of nitrogens with two attached hydrogens (primary N) is 1. The molecule has 3 nitrogen and oxygen atoms in total. The summed E-state index contributed by atoms with van der Waals surface area (Å²) in [7, 11) is 0. The Morgan fingerprint density at radius 3 is 3.00 bits per heavy atom. The predicted octanol–water partition coefficient (Wildman–Crippen LogP) is 2.19.